The van der Waals surface area contributed by atoms with Gasteiger partial charge >= 0.3 is 12.1 Å². The van der Waals surface area contributed by atoms with Gasteiger partial charge in [0.1, 0.15) is 12.0 Å². The Hall–Kier alpha value is -2.71. The lowest BCUT2D eigenvalue weighted by Crippen LogP contribution is -2.47. The van der Waals surface area contributed by atoms with Crippen molar-refractivity contribution in [1.82, 2.24) is 9.80 Å². The number of aliphatic hydroxyl groups excluding tert-OH is 1. The number of carbonyl (C=O) groups is 1. The first-order valence-electron chi connectivity index (χ1n) is 18.5. The van der Waals surface area contributed by atoms with E-state index in [-0.39, 0.29) is 50.2 Å². The fourth-order valence-corrected chi connectivity index (χ4v) is 9.32. The van der Waals surface area contributed by atoms with Crippen molar-refractivity contribution in [1.29, 1.82) is 0 Å². The van der Waals surface area contributed by atoms with Crippen molar-refractivity contribution in [3.8, 4) is 0 Å². The van der Waals surface area contributed by atoms with Crippen molar-refractivity contribution in [2.45, 2.75) is 107 Å². The number of benzene rings is 1. The Bertz CT molecular complexity index is 1440. The first-order valence-corrected chi connectivity index (χ1v) is 18.5. The van der Waals surface area contributed by atoms with Gasteiger partial charge in [-0.25, -0.2) is 4.39 Å². The number of aliphatic hydroxyl groups is 1. The molecule has 2 aliphatic carbocycles. The van der Waals surface area contributed by atoms with Crippen molar-refractivity contribution < 1.29 is 46.8 Å². The van der Waals surface area contributed by atoms with Gasteiger partial charge < -0.3 is 29.3 Å². The van der Waals surface area contributed by atoms with Crippen LogP contribution in [0.25, 0.3) is 0 Å². The third kappa shape index (κ3) is 7.97. The predicted octanol–water partition coefficient (Wildman–Crippen LogP) is 6.32. The first-order chi connectivity index (χ1) is 24.4. The van der Waals surface area contributed by atoms with Crippen molar-refractivity contribution in [2.24, 2.45) is 11.8 Å². The van der Waals surface area contributed by atoms with E-state index in [1.807, 2.05) is 19.1 Å². The lowest BCUT2D eigenvalue weighted by molar-refractivity contribution is -0.142. The molecule has 0 spiro atoms. The average Bonchev–Trinajstić information content (AvgIpc) is 3.75. The summed E-state index contributed by atoms with van der Waals surface area (Å²) in [7, 11) is 2.83. The Morgan fingerprint density at radius 2 is 1.78 bits per heavy atom. The van der Waals surface area contributed by atoms with Crippen LogP contribution in [0, 0.1) is 11.8 Å². The molecule has 5 aliphatic rings. The molecule has 51 heavy (non-hydrogen) atoms. The van der Waals surface area contributed by atoms with Gasteiger partial charge in [0, 0.05) is 57.0 Å². The summed E-state index contributed by atoms with van der Waals surface area (Å²) in [5.41, 5.74) is 0.509. The second-order valence-corrected chi connectivity index (χ2v) is 14.9. The highest BCUT2D eigenvalue weighted by molar-refractivity contribution is 5.71. The van der Waals surface area contributed by atoms with Gasteiger partial charge in [-0.1, -0.05) is 6.07 Å². The monoisotopic (exact) mass is 723 g/mol. The number of anilines is 1. The van der Waals surface area contributed by atoms with Crippen molar-refractivity contribution >= 4 is 11.7 Å². The SMILES string of the molecule is CCOC1CCC(N2CCC(C(O)N3CC(F)(OC)C(c4ccc(C(F)(F)F)cc4N4CCC(C(=O)O)CC4)C3C3=CC(OC)=CCC3)C2)CC1. The highest BCUT2D eigenvalue weighted by atomic mass is 19.4. The van der Waals surface area contributed by atoms with E-state index in [1.54, 1.807) is 16.9 Å². The zero-order valence-corrected chi connectivity index (χ0v) is 29.9. The zero-order valence-electron chi connectivity index (χ0n) is 29.9. The number of hydrogen-bond donors (Lipinski definition) is 2. The molecule has 3 aliphatic heterocycles. The van der Waals surface area contributed by atoms with Crippen LogP contribution in [-0.2, 0) is 25.2 Å². The Labute approximate surface area is 298 Å². The van der Waals surface area contributed by atoms with E-state index < -0.39 is 47.7 Å². The predicted molar refractivity (Wildman–Crippen MR) is 184 cm³/mol. The smallest absolute Gasteiger partial charge is 0.416 e. The maximum Gasteiger partial charge on any atom is 0.416 e. The lowest BCUT2D eigenvalue weighted by Gasteiger charge is -2.39. The number of hydrogen-bond acceptors (Lipinski definition) is 8. The quantitative estimate of drug-likeness (QED) is 0.255. The van der Waals surface area contributed by atoms with E-state index in [9.17, 15) is 28.2 Å². The van der Waals surface area contributed by atoms with Crippen molar-refractivity contribution in [3.05, 3.63) is 52.8 Å². The summed E-state index contributed by atoms with van der Waals surface area (Å²) in [6.45, 7) is 4.36. The standard InChI is InChI=1S/C38H53F4N3O6/c1-4-51-29-11-9-28(10-12-29)44-19-16-26(22-44)35(46)45-23-37(39,50-3)33(34(45)25-6-5-7-30(20-25)49-2)31-13-8-27(38(40,41)42)21-32(31)43-17-14-24(15-18-43)36(47)48/h7-8,13,20-21,24,26,28-29,33-35,46H,4-6,9-12,14-19,22-23H2,1-3H3,(H,47,48). The van der Waals surface area contributed by atoms with Gasteiger partial charge in [0.2, 0.25) is 5.85 Å². The van der Waals surface area contributed by atoms with Crippen LogP contribution in [0.1, 0.15) is 81.8 Å². The number of carboxylic acids is 1. The molecule has 0 amide bonds. The van der Waals surface area contributed by atoms with Gasteiger partial charge in [0.05, 0.1) is 37.2 Å². The first kappa shape index (κ1) is 38.0. The van der Waals surface area contributed by atoms with Gasteiger partial charge in [-0.2, -0.15) is 13.2 Å². The van der Waals surface area contributed by atoms with Gasteiger partial charge in [-0.05, 0) is 107 Å². The molecule has 6 rings (SSSR count). The summed E-state index contributed by atoms with van der Waals surface area (Å²) < 4.78 is 77.2. The van der Waals surface area contributed by atoms with Crippen LogP contribution in [0.3, 0.4) is 0 Å². The van der Waals surface area contributed by atoms with E-state index in [0.29, 0.717) is 43.4 Å². The fraction of sp³-hybridized carbons (Fsp3) is 0.711. The minimum Gasteiger partial charge on any atom is -0.497 e. The van der Waals surface area contributed by atoms with Crippen LogP contribution in [0.4, 0.5) is 23.2 Å². The maximum absolute atomic E-state index is 17.6. The summed E-state index contributed by atoms with van der Waals surface area (Å²) in [6, 6.07) is 3.06. The molecule has 5 unspecified atom stereocenters. The Morgan fingerprint density at radius 3 is 2.41 bits per heavy atom. The molecule has 1 aromatic carbocycles. The van der Waals surface area contributed by atoms with Crippen LogP contribution in [0.2, 0.25) is 0 Å². The molecule has 5 atom stereocenters. The number of likely N-dealkylation sites (tertiary alicyclic amines) is 2. The van der Waals surface area contributed by atoms with E-state index in [4.69, 9.17) is 14.2 Å². The number of alkyl halides is 4. The van der Waals surface area contributed by atoms with E-state index in [0.717, 1.165) is 56.4 Å². The number of carboxylic acid groups (broad SMARTS) is 1. The van der Waals surface area contributed by atoms with E-state index in [2.05, 4.69) is 4.90 Å². The number of aliphatic carboxylic acids is 1. The second kappa shape index (κ2) is 15.7. The normalized spacial score (nSPS) is 32.2. The average molecular weight is 724 g/mol. The van der Waals surface area contributed by atoms with Gasteiger partial charge in [-0.3, -0.25) is 14.6 Å². The fourth-order valence-electron chi connectivity index (χ4n) is 9.32. The van der Waals surface area contributed by atoms with Crippen LogP contribution in [-0.4, -0.2) is 110 Å². The topological polar surface area (TPSA) is 94.9 Å². The molecule has 13 heteroatoms. The molecule has 3 heterocycles. The van der Waals surface area contributed by atoms with Crippen LogP contribution in [0.5, 0.6) is 0 Å². The molecular weight excluding hydrogens is 670 g/mol. The highest BCUT2D eigenvalue weighted by Crippen LogP contribution is 2.53. The Morgan fingerprint density at radius 1 is 1.06 bits per heavy atom. The molecule has 9 nitrogen and oxygen atoms in total. The zero-order chi connectivity index (χ0) is 36.5. The molecule has 1 saturated carbocycles. The largest absolute Gasteiger partial charge is 0.497 e. The number of nitrogens with zero attached hydrogens (tertiary/aromatic N) is 3. The molecule has 0 radical (unpaired) electrons. The number of halogens is 4. The Balaban J connectivity index is 1.35. The summed E-state index contributed by atoms with van der Waals surface area (Å²) in [6.07, 6.45) is 4.91. The number of methoxy groups -OCH3 is 2. The maximum atomic E-state index is 17.6. The minimum absolute atomic E-state index is 0.166. The molecule has 3 saturated heterocycles. The summed E-state index contributed by atoms with van der Waals surface area (Å²) in [4.78, 5) is 17.7. The van der Waals surface area contributed by atoms with E-state index >= 15 is 4.39 Å². The van der Waals surface area contributed by atoms with Crippen LogP contribution in [0.15, 0.2) is 41.7 Å². The molecule has 1 aromatic rings. The van der Waals surface area contributed by atoms with Crippen LogP contribution < -0.4 is 4.90 Å². The van der Waals surface area contributed by atoms with Gasteiger partial charge in [0.15, 0.2) is 0 Å². The highest BCUT2D eigenvalue weighted by Gasteiger charge is 2.59. The minimum atomic E-state index is -4.64. The third-order valence-corrected chi connectivity index (χ3v) is 12.1. The van der Waals surface area contributed by atoms with Gasteiger partial charge in [-0.15, -0.1) is 0 Å². The third-order valence-electron chi connectivity index (χ3n) is 12.1. The number of ether oxygens (including phenoxy) is 3. The van der Waals surface area contributed by atoms with Crippen LogP contribution >= 0.6 is 0 Å². The summed E-state index contributed by atoms with van der Waals surface area (Å²) >= 11 is 0. The van der Waals surface area contributed by atoms with E-state index in [1.165, 1.54) is 13.2 Å². The van der Waals surface area contributed by atoms with Crippen molar-refractivity contribution in [2.75, 3.05) is 58.5 Å². The molecule has 4 fully saturated rings. The molecular formula is C38H53F4N3O6. The molecule has 0 aromatic heterocycles. The number of piperidine rings is 1. The number of allylic oxidation sites excluding steroid dienone is 2. The second-order valence-electron chi connectivity index (χ2n) is 14.9. The number of rotatable bonds is 11. The molecule has 0 bridgehead atoms. The summed E-state index contributed by atoms with van der Waals surface area (Å²) in [5, 5.41) is 21.8. The molecule has 284 valence electrons. The van der Waals surface area contributed by atoms with Crippen molar-refractivity contribution in [3.63, 3.8) is 0 Å². The van der Waals surface area contributed by atoms with Gasteiger partial charge in [0.25, 0.3) is 0 Å². The molecule has 2 N–H and O–H groups in total. The Kier molecular flexibility index (Phi) is 11.7. The summed E-state index contributed by atoms with van der Waals surface area (Å²) in [5.74, 6) is -4.55. The lowest BCUT2D eigenvalue weighted by atomic mass is 9.80.